The van der Waals surface area contributed by atoms with E-state index in [1.54, 1.807) is 0 Å². The Morgan fingerprint density at radius 1 is 1.22 bits per heavy atom. The van der Waals surface area contributed by atoms with Crippen LogP contribution < -0.4 is 10.6 Å². The number of aromatic nitrogens is 2. The summed E-state index contributed by atoms with van der Waals surface area (Å²) in [5.74, 6) is 0.893. The average Bonchev–Trinajstić information content (AvgIpc) is 2.71. The van der Waals surface area contributed by atoms with Crippen molar-refractivity contribution in [2.45, 2.75) is 38.8 Å². The number of hydrogen-bond acceptors (Lipinski definition) is 4. The van der Waals surface area contributed by atoms with E-state index in [0.29, 0.717) is 6.04 Å². The molecular weight excluding hydrogens is 336 g/mol. The van der Waals surface area contributed by atoms with Crippen molar-refractivity contribution in [3.8, 4) is 0 Å². The molecular formula is C21H30N6. The summed E-state index contributed by atoms with van der Waals surface area (Å²) in [4.78, 5) is 15.4. The lowest BCUT2D eigenvalue weighted by Crippen LogP contribution is -2.48. The van der Waals surface area contributed by atoms with Crippen LogP contribution in [0.25, 0.3) is 0 Å². The summed E-state index contributed by atoms with van der Waals surface area (Å²) >= 11 is 0. The van der Waals surface area contributed by atoms with Gasteiger partial charge in [-0.1, -0.05) is 6.07 Å². The number of likely N-dealkylation sites (tertiary alicyclic amines) is 1. The summed E-state index contributed by atoms with van der Waals surface area (Å²) in [6, 6.07) is 8.68. The number of aliphatic imine (C=N–C) groups is 1. The molecule has 144 valence electrons. The third-order valence-electron chi connectivity index (χ3n) is 5.09. The number of nitrogens with zero attached hydrogens (tertiary/aromatic N) is 4. The highest BCUT2D eigenvalue weighted by Crippen LogP contribution is 2.13. The van der Waals surface area contributed by atoms with Gasteiger partial charge in [0.15, 0.2) is 5.96 Å². The normalized spacial score (nSPS) is 16.3. The first-order valence-electron chi connectivity index (χ1n) is 9.73. The van der Waals surface area contributed by atoms with Crippen molar-refractivity contribution in [1.82, 2.24) is 25.5 Å². The Morgan fingerprint density at radius 3 is 2.78 bits per heavy atom. The van der Waals surface area contributed by atoms with E-state index in [-0.39, 0.29) is 0 Å². The Hall–Kier alpha value is -2.47. The van der Waals surface area contributed by atoms with Crippen LogP contribution in [0.1, 0.15) is 29.7 Å². The van der Waals surface area contributed by atoms with Crippen LogP contribution in [0.5, 0.6) is 0 Å². The highest BCUT2D eigenvalue weighted by atomic mass is 15.2. The SMILES string of the molecule is CN=C(NCCc1ccncc1C)NC1CCN(Cc2ccccn2)CC1. The van der Waals surface area contributed by atoms with E-state index in [4.69, 9.17) is 0 Å². The molecule has 0 unspecified atom stereocenters. The summed E-state index contributed by atoms with van der Waals surface area (Å²) in [5.41, 5.74) is 3.71. The van der Waals surface area contributed by atoms with Crippen molar-refractivity contribution in [3.63, 3.8) is 0 Å². The highest BCUT2D eigenvalue weighted by Gasteiger charge is 2.20. The van der Waals surface area contributed by atoms with Crippen molar-refractivity contribution in [3.05, 3.63) is 59.7 Å². The molecule has 2 N–H and O–H groups in total. The molecule has 6 heteroatoms. The Morgan fingerprint density at radius 2 is 2.07 bits per heavy atom. The van der Waals surface area contributed by atoms with Gasteiger partial charge < -0.3 is 10.6 Å². The zero-order valence-corrected chi connectivity index (χ0v) is 16.4. The molecule has 1 saturated heterocycles. The summed E-state index contributed by atoms with van der Waals surface area (Å²) < 4.78 is 0. The molecule has 1 aliphatic rings. The van der Waals surface area contributed by atoms with Crippen LogP contribution in [-0.2, 0) is 13.0 Å². The number of guanidine groups is 1. The standard InChI is InChI=1S/C21H30N6/c1-17-15-23-11-6-18(17)7-12-25-21(22-2)26-19-8-13-27(14-9-19)16-20-5-3-4-10-24-20/h3-6,10-11,15,19H,7-9,12-14,16H2,1-2H3,(H2,22,25,26). The molecule has 6 nitrogen and oxygen atoms in total. The Labute approximate surface area is 162 Å². The van der Waals surface area contributed by atoms with Gasteiger partial charge in [-0.2, -0.15) is 0 Å². The number of pyridine rings is 2. The van der Waals surface area contributed by atoms with Gasteiger partial charge in [0.25, 0.3) is 0 Å². The molecule has 0 spiro atoms. The van der Waals surface area contributed by atoms with Gasteiger partial charge in [-0.3, -0.25) is 19.9 Å². The predicted molar refractivity (Wildman–Crippen MR) is 110 cm³/mol. The number of aryl methyl sites for hydroxylation is 1. The molecule has 1 aliphatic heterocycles. The van der Waals surface area contributed by atoms with Crippen molar-refractivity contribution in [2.75, 3.05) is 26.7 Å². The van der Waals surface area contributed by atoms with Crippen molar-refractivity contribution in [1.29, 1.82) is 0 Å². The summed E-state index contributed by atoms with van der Waals surface area (Å²) in [5, 5.41) is 7.01. The minimum atomic E-state index is 0.471. The smallest absolute Gasteiger partial charge is 0.191 e. The van der Waals surface area contributed by atoms with Gasteiger partial charge in [0, 0.05) is 57.9 Å². The molecule has 0 bridgehead atoms. The molecule has 0 atom stereocenters. The minimum absolute atomic E-state index is 0.471. The highest BCUT2D eigenvalue weighted by molar-refractivity contribution is 5.79. The van der Waals surface area contributed by atoms with E-state index < -0.39 is 0 Å². The number of piperidine rings is 1. The first-order valence-corrected chi connectivity index (χ1v) is 9.73. The zero-order chi connectivity index (χ0) is 18.9. The van der Waals surface area contributed by atoms with Gasteiger partial charge >= 0.3 is 0 Å². The van der Waals surface area contributed by atoms with Crippen LogP contribution >= 0.6 is 0 Å². The maximum atomic E-state index is 4.43. The predicted octanol–water partition coefficient (Wildman–Crippen LogP) is 2.16. The minimum Gasteiger partial charge on any atom is -0.356 e. The van der Waals surface area contributed by atoms with Crippen LogP contribution in [0.2, 0.25) is 0 Å². The van der Waals surface area contributed by atoms with Crippen LogP contribution in [-0.4, -0.2) is 53.6 Å². The Kier molecular flexibility index (Phi) is 7.16. The fourth-order valence-corrected chi connectivity index (χ4v) is 3.44. The van der Waals surface area contributed by atoms with Crippen LogP contribution in [0, 0.1) is 6.92 Å². The summed E-state index contributed by atoms with van der Waals surface area (Å²) in [7, 11) is 1.84. The molecule has 0 radical (unpaired) electrons. The largest absolute Gasteiger partial charge is 0.356 e. The average molecular weight is 367 g/mol. The lowest BCUT2D eigenvalue weighted by molar-refractivity contribution is 0.196. The van der Waals surface area contributed by atoms with Crippen molar-refractivity contribution in [2.24, 2.45) is 4.99 Å². The third-order valence-corrected chi connectivity index (χ3v) is 5.09. The second-order valence-corrected chi connectivity index (χ2v) is 7.07. The molecule has 2 aromatic rings. The van der Waals surface area contributed by atoms with Crippen LogP contribution in [0.3, 0.4) is 0 Å². The first kappa shape index (κ1) is 19.3. The van der Waals surface area contributed by atoms with Crippen LogP contribution in [0.4, 0.5) is 0 Å². The van der Waals surface area contributed by atoms with Crippen LogP contribution in [0.15, 0.2) is 47.8 Å². The third kappa shape index (κ3) is 6.03. The molecule has 0 aromatic carbocycles. The molecule has 0 aliphatic carbocycles. The Balaban J connectivity index is 1.38. The van der Waals surface area contributed by atoms with Crippen molar-refractivity contribution >= 4 is 5.96 Å². The molecule has 3 rings (SSSR count). The Bertz CT molecular complexity index is 722. The number of hydrogen-bond donors (Lipinski definition) is 2. The maximum Gasteiger partial charge on any atom is 0.191 e. The van der Waals surface area contributed by atoms with Gasteiger partial charge in [0.1, 0.15) is 0 Å². The molecule has 0 saturated carbocycles. The fourth-order valence-electron chi connectivity index (χ4n) is 3.44. The maximum absolute atomic E-state index is 4.43. The van der Waals surface area contributed by atoms with Gasteiger partial charge in [-0.15, -0.1) is 0 Å². The lowest BCUT2D eigenvalue weighted by atomic mass is 10.0. The number of nitrogens with one attached hydrogen (secondary N) is 2. The van der Waals surface area contributed by atoms with Gasteiger partial charge in [0.05, 0.1) is 5.69 Å². The topological polar surface area (TPSA) is 65.4 Å². The van der Waals surface area contributed by atoms with E-state index >= 15 is 0 Å². The summed E-state index contributed by atoms with van der Waals surface area (Å²) in [6.45, 7) is 6.08. The lowest BCUT2D eigenvalue weighted by Gasteiger charge is -2.32. The second-order valence-electron chi connectivity index (χ2n) is 7.07. The quantitative estimate of drug-likeness (QED) is 0.606. The van der Waals surface area contributed by atoms with Crippen molar-refractivity contribution < 1.29 is 0 Å². The summed E-state index contributed by atoms with van der Waals surface area (Å²) in [6.07, 6.45) is 8.85. The molecule has 0 amide bonds. The molecule has 2 aromatic heterocycles. The van der Waals surface area contributed by atoms with Gasteiger partial charge in [-0.05, 0) is 55.5 Å². The first-order chi connectivity index (χ1) is 13.2. The van der Waals surface area contributed by atoms with Gasteiger partial charge in [0.2, 0.25) is 0 Å². The van der Waals surface area contributed by atoms with E-state index in [1.807, 2.05) is 31.7 Å². The molecule has 1 fully saturated rings. The van der Waals surface area contributed by atoms with E-state index in [2.05, 4.69) is 55.6 Å². The monoisotopic (exact) mass is 366 g/mol. The van der Waals surface area contributed by atoms with E-state index in [0.717, 1.165) is 57.1 Å². The fraction of sp³-hybridized carbons (Fsp3) is 0.476. The van der Waals surface area contributed by atoms with Gasteiger partial charge in [-0.25, -0.2) is 0 Å². The molecule has 3 heterocycles. The number of rotatable bonds is 6. The second kappa shape index (κ2) is 10.0. The zero-order valence-electron chi connectivity index (χ0n) is 16.4. The molecule has 27 heavy (non-hydrogen) atoms. The van der Waals surface area contributed by atoms with E-state index in [9.17, 15) is 0 Å². The van der Waals surface area contributed by atoms with E-state index in [1.165, 1.54) is 11.1 Å².